The number of hydrogen-bond donors (Lipinski definition) is 2. The van der Waals surface area contributed by atoms with Gasteiger partial charge in [-0.15, -0.1) is 0 Å². The molecule has 0 heterocycles. The molecule has 0 aliphatic heterocycles. The van der Waals surface area contributed by atoms with E-state index in [1.54, 1.807) is 26.1 Å². The third kappa shape index (κ3) is 3.67. The average molecular weight is 210 g/mol. The Balaban J connectivity index is 2.57. The third-order valence-corrected chi connectivity index (χ3v) is 2.04. The first kappa shape index (κ1) is 11.7. The van der Waals surface area contributed by atoms with Crippen LogP contribution in [0.5, 0.6) is 0 Å². The molecule has 0 saturated carbocycles. The number of anilines is 1. The zero-order valence-corrected chi connectivity index (χ0v) is 8.93. The molecule has 1 aromatic carbocycles. The fourth-order valence-electron chi connectivity index (χ4n) is 1.18. The number of hydrogen-bond acceptors (Lipinski definition) is 2. The van der Waals surface area contributed by atoms with Gasteiger partial charge >= 0.3 is 0 Å². The largest absolute Gasteiger partial charge is 0.326 e. The zero-order valence-electron chi connectivity index (χ0n) is 8.93. The molecule has 1 aromatic rings. The predicted octanol–water partition coefficient (Wildman–Crippen LogP) is 1.68. The third-order valence-electron chi connectivity index (χ3n) is 2.04. The quantitative estimate of drug-likeness (QED) is 0.794. The highest BCUT2D eigenvalue weighted by molar-refractivity contribution is 5.90. The number of halogens is 1. The lowest BCUT2D eigenvalue weighted by molar-refractivity contribution is -0.116. The van der Waals surface area contributed by atoms with E-state index >= 15 is 0 Å². The molecule has 0 radical (unpaired) electrons. The Morgan fingerprint density at radius 2 is 2.20 bits per heavy atom. The number of aryl methyl sites for hydroxylation is 1. The minimum atomic E-state index is -0.261. The van der Waals surface area contributed by atoms with E-state index in [2.05, 4.69) is 10.6 Å². The van der Waals surface area contributed by atoms with Crippen molar-refractivity contribution in [1.29, 1.82) is 0 Å². The van der Waals surface area contributed by atoms with Gasteiger partial charge in [-0.2, -0.15) is 0 Å². The first-order valence-electron chi connectivity index (χ1n) is 4.84. The molecule has 0 atom stereocenters. The molecule has 0 aliphatic rings. The first-order chi connectivity index (χ1) is 7.13. The number of carbonyl (C=O) groups is 1. The van der Waals surface area contributed by atoms with Gasteiger partial charge in [-0.3, -0.25) is 4.79 Å². The maximum absolute atomic E-state index is 12.9. The Bertz CT molecular complexity index is 352. The van der Waals surface area contributed by atoms with Crippen LogP contribution in [0.2, 0.25) is 0 Å². The Morgan fingerprint density at radius 1 is 1.47 bits per heavy atom. The van der Waals surface area contributed by atoms with Crippen LogP contribution in [0, 0.1) is 12.7 Å². The van der Waals surface area contributed by atoms with Crippen molar-refractivity contribution < 1.29 is 9.18 Å². The van der Waals surface area contributed by atoms with E-state index in [9.17, 15) is 9.18 Å². The Labute approximate surface area is 88.7 Å². The fourth-order valence-corrected chi connectivity index (χ4v) is 1.18. The molecule has 0 spiro atoms. The summed E-state index contributed by atoms with van der Waals surface area (Å²) in [4.78, 5) is 11.3. The average Bonchev–Trinajstić information content (AvgIpc) is 2.20. The van der Waals surface area contributed by atoms with Crippen molar-refractivity contribution in [2.75, 3.05) is 18.9 Å². The summed E-state index contributed by atoms with van der Waals surface area (Å²) in [6.45, 7) is 2.30. The number of carbonyl (C=O) groups excluding carboxylic acids is 1. The summed E-state index contributed by atoms with van der Waals surface area (Å²) in [7, 11) is 1.79. The summed E-state index contributed by atoms with van der Waals surface area (Å²) in [6.07, 6.45) is 0.410. The van der Waals surface area contributed by atoms with Gasteiger partial charge in [0.2, 0.25) is 5.91 Å². The van der Waals surface area contributed by atoms with E-state index in [1.807, 2.05) is 0 Å². The second kappa shape index (κ2) is 5.46. The van der Waals surface area contributed by atoms with Crippen molar-refractivity contribution in [1.82, 2.24) is 5.32 Å². The summed E-state index contributed by atoms with van der Waals surface area (Å²) in [6, 6.07) is 4.52. The lowest BCUT2D eigenvalue weighted by Gasteiger charge is -2.06. The molecule has 0 unspecified atom stereocenters. The zero-order chi connectivity index (χ0) is 11.3. The van der Waals surface area contributed by atoms with E-state index in [0.717, 1.165) is 0 Å². The molecule has 0 aromatic heterocycles. The molecular weight excluding hydrogens is 195 g/mol. The molecule has 0 fully saturated rings. The Kier molecular flexibility index (Phi) is 4.24. The van der Waals surface area contributed by atoms with Crippen LogP contribution in [0.15, 0.2) is 18.2 Å². The molecule has 2 N–H and O–H groups in total. The fraction of sp³-hybridized carbons (Fsp3) is 0.364. The maximum atomic E-state index is 12.9. The van der Waals surface area contributed by atoms with E-state index < -0.39 is 0 Å². The van der Waals surface area contributed by atoms with Crippen LogP contribution >= 0.6 is 0 Å². The smallest absolute Gasteiger partial charge is 0.225 e. The summed E-state index contributed by atoms with van der Waals surface area (Å²) < 4.78 is 12.9. The minimum Gasteiger partial charge on any atom is -0.326 e. The number of benzene rings is 1. The van der Waals surface area contributed by atoms with Crippen molar-refractivity contribution in [3.63, 3.8) is 0 Å². The van der Waals surface area contributed by atoms with Crippen LogP contribution in [-0.2, 0) is 4.79 Å². The first-order valence-corrected chi connectivity index (χ1v) is 4.84. The summed E-state index contributed by atoms with van der Waals surface area (Å²) in [5.41, 5.74) is 1.16. The normalized spacial score (nSPS) is 10.1. The van der Waals surface area contributed by atoms with Gasteiger partial charge in [0.1, 0.15) is 5.82 Å². The highest BCUT2D eigenvalue weighted by Gasteiger charge is 2.03. The number of rotatable bonds is 4. The van der Waals surface area contributed by atoms with Crippen LogP contribution < -0.4 is 10.6 Å². The summed E-state index contributed by atoms with van der Waals surface area (Å²) in [5, 5.41) is 5.58. The molecule has 1 rings (SSSR count). The monoisotopic (exact) mass is 210 g/mol. The van der Waals surface area contributed by atoms with Gasteiger partial charge in [0.25, 0.3) is 0 Å². The lowest BCUT2D eigenvalue weighted by Crippen LogP contribution is -2.18. The highest BCUT2D eigenvalue weighted by Crippen LogP contribution is 2.13. The van der Waals surface area contributed by atoms with Gasteiger partial charge < -0.3 is 10.6 Å². The Morgan fingerprint density at radius 3 is 2.80 bits per heavy atom. The Hall–Kier alpha value is -1.42. The lowest BCUT2D eigenvalue weighted by atomic mass is 10.2. The van der Waals surface area contributed by atoms with Crippen molar-refractivity contribution >= 4 is 11.6 Å². The standard InChI is InChI=1S/C11H15FN2O/c1-8-7-9(3-4-10(8)12)14-11(15)5-6-13-2/h3-4,7,13H,5-6H2,1-2H3,(H,14,15). The summed E-state index contributed by atoms with van der Waals surface area (Å²) in [5.74, 6) is -0.335. The van der Waals surface area contributed by atoms with Gasteiger partial charge in [0, 0.05) is 18.7 Å². The van der Waals surface area contributed by atoms with E-state index in [0.29, 0.717) is 24.2 Å². The van der Waals surface area contributed by atoms with Gasteiger partial charge in [0.05, 0.1) is 0 Å². The van der Waals surface area contributed by atoms with Crippen molar-refractivity contribution in [2.24, 2.45) is 0 Å². The van der Waals surface area contributed by atoms with E-state index in [4.69, 9.17) is 0 Å². The second-order valence-corrected chi connectivity index (χ2v) is 3.37. The van der Waals surface area contributed by atoms with E-state index in [-0.39, 0.29) is 11.7 Å². The molecule has 4 heteroatoms. The van der Waals surface area contributed by atoms with Crippen LogP contribution in [0.1, 0.15) is 12.0 Å². The second-order valence-electron chi connectivity index (χ2n) is 3.37. The SMILES string of the molecule is CNCCC(=O)Nc1ccc(F)c(C)c1. The highest BCUT2D eigenvalue weighted by atomic mass is 19.1. The van der Waals surface area contributed by atoms with Crippen LogP contribution in [-0.4, -0.2) is 19.5 Å². The number of amides is 1. The van der Waals surface area contributed by atoms with Gasteiger partial charge in [-0.05, 0) is 37.7 Å². The van der Waals surface area contributed by atoms with Gasteiger partial charge in [-0.1, -0.05) is 0 Å². The topological polar surface area (TPSA) is 41.1 Å². The van der Waals surface area contributed by atoms with Crippen LogP contribution in [0.4, 0.5) is 10.1 Å². The van der Waals surface area contributed by atoms with Crippen molar-refractivity contribution in [3.8, 4) is 0 Å². The molecule has 3 nitrogen and oxygen atoms in total. The van der Waals surface area contributed by atoms with Crippen LogP contribution in [0.3, 0.4) is 0 Å². The van der Waals surface area contributed by atoms with Crippen molar-refractivity contribution in [2.45, 2.75) is 13.3 Å². The molecule has 15 heavy (non-hydrogen) atoms. The molecule has 82 valence electrons. The van der Waals surface area contributed by atoms with Gasteiger partial charge in [-0.25, -0.2) is 4.39 Å². The molecule has 0 bridgehead atoms. The maximum Gasteiger partial charge on any atom is 0.225 e. The van der Waals surface area contributed by atoms with Gasteiger partial charge in [0.15, 0.2) is 0 Å². The molecule has 1 amide bonds. The molecule has 0 saturated heterocycles. The minimum absolute atomic E-state index is 0.0737. The van der Waals surface area contributed by atoms with Crippen molar-refractivity contribution in [3.05, 3.63) is 29.6 Å². The predicted molar refractivity (Wildman–Crippen MR) is 58.3 cm³/mol. The van der Waals surface area contributed by atoms with E-state index in [1.165, 1.54) is 6.07 Å². The molecular formula is C11H15FN2O. The number of nitrogens with one attached hydrogen (secondary N) is 2. The van der Waals surface area contributed by atoms with Crippen LogP contribution in [0.25, 0.3) is 0 Å². The molecule has 0 aliphatic carbocycles. The summed E-state index contributed by atoms with van der Waals surface area (Å²) >= 11 is 0.